The summed E-state index contributed by atoms with van der Waals surface area (Å²) < 4.78 is 13.6. The van der Waals surface area contributed by atoms with Gasteiger partial charge in [0.05, 0.1) is 47.5 Å². The van der Waals surface area contributed by atoms with Crippen LogP contribution >= 0.6 is 104 Å². The largest absolute Gasteiger partial charge is 0.476 e. The van der Waals surface area contributed by atoms with Gasteiger partial charge in [0.2, 0.25) is 20.8 Å². The minimum absolute atomic E-state index is 0.0146. The van der Waals surface area contributed by atoms with E-state index in [0.29, 0.717) is 71.0 Å². The number of nitrogens with one attached hydrogen (secondary N) is 1. The van der Waals surface area contributed by atoms with E-state index in [2.05, 4.69) is 67.9 Å². The molecular formula is C82H75Cl6N11O13S3. The highest BCUT2D eigenvalue weighted by Crippen LogP contribution is 2.31. The summed E-state index contributed by atoms with van der Waals surface area (Å²) in [5, 5.41) is 23.2. The maximum Gasteiger partial charge on any atom is 0.391 e. The number of ether oxygens (including phenoxy) is 3. The van der Waals surface area contributed by atoms with Gasteiger partial charge in [-0.15, -0.1) is 32.9 Å². The first-order valence-electron chi connectivity index (χ1n) is 34.6. The number of thiazole rings is 2. The number of carboxylic acids is 1. The molecule has 0 aliphatic heterocycles. The van der Waals surface area contributed by atoms with Crippen LogP contribution in [0.1, 0.15) is 117 Å². The number of hydrogen-bond donors (Lipinski definition) is 4. The van der Waals surface area contributed by atoms with Crippen LogP contribution < -0.4 is 16.8 Å². The summed E-state index contributed by atoms with van der Waals surface area (Å²) in [4.78, 5) is 126. The Labute approximate surface area is 704 Å². The number of esters is 3. The van der Waals surface area contributed by atoms with Crippen LogP contribution in [0.5, 0.6) is 0 Å². The molecule has 12 rings (SSSR count). The molecule has 7 heterocycles. The van der Waals surface area contributed by atoms with E-state index in [9.17, 15) is 43.2 Å². The zero-order valence-electron chi connectivity index (χ0n) is 62.7. The lowest BCUT2D eigenvalue weighted by atomic mass is 10.1. The number of hydrogen-bond acceptors (Lipinski definition) is 25. The fraction of sp³-hybridized carbons (Fsp3) is 0.183. The van der Waals surface area contributed by atoms with E-state index in [1.807, 2.05) is 99.9 Å². The number of nitrogens with zero attached hydrogens (tertiary/aromatic N) is 8. The Morgan fingerprint density at radius 3 is 1.29 bits per heavy atom. The Morgan fingerprint density at radius 1 is 0.443 bits per heavy atom. The predicted octanol–water partition coefficient (Wildman–Crippen LogP) is 18.1. The van der Waals surface area contributed by atoms with Gasteiger partial charge >= 0.3 is 29.1 Å². The highest BCUT2D eigenvalue weighted by molar-refractivity contribution is 7.17. The van der Waals surface area contributed by atoms with Crippen molar-refractivity contribution in [3.05, 3.63) is 280 Å². The number of ketones is 3. The molecular weight excluding hydrogens is 1660 g/mol. The second-order valence-corrected chi connectivity index (χ2v) is 29.1. The number of carbonyl (C=O) groups excluding carboxylic acids is 8. The van der Waals surface area contributed by atoms with Gasteiger partial charge in [0, 0.05) is 127 Å². The van der Waals surface area contributed by atoms with Gasteiger partial charge in [0.1, 0.15) is 5.01 Å². The van der Waals surface area contributed by atoms with E-state index in [0.717, 1.165) is 93.9 Å². The van der Waals surface area contributed by atoms with E-state index in [4.69, 9.17) is 90.9 Å². The number of nitrogens with two attached hydrogens (primary N) is 2. The molecule has 115 heavy (non-hydrogen) atoms. The highest BCUT2D eigenvalue weighted by atomic mass is 35.5. The molecule has 5 aromatic carbocycles. The zero-order valence-corrected chi connectivity index (χ0v) is 69.7. The van der Waals surface area contributed by atoms with Crippen LogP contribution in [-0.2, 0) is 46.5 Å². The van der Waals surface area contributed by atoms with E-state index >= 15 is 0 Å². The Balaban J connectivity index is 0.000000216. The summed E-state index contributed by atoms with van der Waals surface area (Å²) in [6, 6.07) is 47.0. The molecule has 0 spiro atoms. The SMILES string of the molecule is CCOC(=O)C(=O)CCC(=O)c1ccc(Cl)cc1.CCOC(=O)C(=O)Cl.CCOC(=O)c1ncc(-c2ccc(Cl)cc2)s1.Cc1cc(-c2ncc(CN)cc2C)ccn1.Cc1cc(-c2ncc(CNC(=O)c3nnc(-c4ccc(Cl)cc4)s3)cc2C)ccn1.NCC(=O)c1ccc(Cl)cc1.O=C(O)c1ncc(-c2ccc(Cl)cc2)s1. The molecule has 0 radical (unpaired) electrons. The van der Waals surface area contributed by atoms with E-state index in [1.165, 1.54) is 22.7 Å². The van der Waals surface area contributed by atoms with E-state index < -0.39 is 28.9 Å². The molecule has 0 aliphatic rings. The molecule has 0 unspecified atom stereocenters. The summed E-state index contributed by atoms with van der Waals surface area (Å²) in [6.07, 6.45) is 10.3. The van der Waals surface area contributed by atoms with E-state index in [-0.39, 0.29) is 61.1 Å². The van der Waals surface area contributed by atoms with Crippen molar-refractivity contribution >= 4 is 156 Å². The Kier molecular flexibility index (Phi) is 39.2. The number of aryl methyl sites for hydroxylation is 4. The Hall–Kier alpha value is -10.8. The monoisotopic (exact) mass is 1730 g/mol. The van der Waals surface area contributed by atoms with Crippen LogP contribution in [-0.4, -0.2) is 124 Å². The minimum Gasteiger partial charge on any atom is -0.476 e. The zero-order chi connectivity index (χ0) is 84.1. The molecule has 596 valence electrons. The van der Waals surface area contributed by atoms with Gasteiger partial charge in [-0.3, -0.25) is 43.9 Å². The summed E-state index contributed by atoms with van der Waals surface area (Å²) >= 11 is 37.2. The van der Waals surface area contributed by atoms with Crippen LogP contribution in [0.15, 0.2) is 195 Å². The molecule has 33 heteroatoms. The molecule has 7 aromatic heterocycles. The second kappa shape index (κ2) is 48.4. The normalized spacial score (nSPS) is 10.1. The molecule has 0 fully saturated rings. The summed E-state index contributed by atoms with van der Waals surface area (Å²) in [6.45, 7) is 14.6. The van der Waals surface area contributed by atoms with Crippen molar-refractivity contribution in [2.45, 2.75) is 74.4 Å². The molecule has 0 atom stereocenters. The first-order chi connectivity index (χ1) is 55.0. The lowest BCUT2D eigenvalue weighted by molar-refractivity contribution is -0.153. The topological polar surface area (TPSA) is 369 Å². The molecule has 1 amide bonds. The van der Waals surface area contributed by atoms with Gasteiger partial charge in [-0.1, -0.05) is 118 Å². The van der Waals surface area contributed by atoms with Crippen LogP contribution in [0.3, 0.4) is 0 Å². The van der Waals surface area contributed by atoms with Gasteiger partial charge in [-0.05, 0) is 203 Å². The smallest absolute Gasteiger partial charge is 0.391 e. The second-order valence-electron chi connectivity index (χ2n) is 23.5. The van der Waals surface area contributed by atoms with Crippen molar-refractivity contribution in [3.8, 4) is 54.0 Å². The van der Waals surface area contributed by atoms with Crippen molar-refractivity contribution < 1.29 is 62.5 Å². The van der Waals surface area contributed by atoms with Crippen LogP contribution in [0.4, 0.5) is 0 Å². The number of aromatic nitrogens is 8. The van der Waals surface area contributed by atoms with Gasteiger partial charge in [-0.2, -0.15) is 0 Å². The number of carboxylic acid groups (broad SMARTS) is 1. The van der Waals surface area contributed by atoms with Gasteiger partial charge in [-0.25, -0.2) is 29.1 Å². The van der Waals surface area contributed by atoms with Crippen LogP contribution in [0.2, 0.25) is 25.1 Å². The third kappa shape index (κ3) is 31.5. The molecule has 0 aliphatic carbocycles. The number of Topliss-reactive ketones (excluding diaryl/α,β-unsaturated/α-hetero) is 3. The minimum atomic E-state index is -1.08. The summed E-state index contributed by atoms with van der Waals surface area (Å²) in [5.41, 5.74) is 24.7. The van der Waals surface area contributed by atoms with Crippen molar-refractivity contribution in [2.75, 3.05) is 26.4 Å². The van der Waals surface area contributed by atoms with Crippen molar-refractivity contribution in [1.82, 2.24) is 45.4 Å². The summed E-state index contributed by atoms with van der Waals surface area (Å²) in [7, 11) is 0. The Bertz CT molecular complexity index is 5270. The van der Waals surface area contributed by atoms with Crippen molar-refractivity contribution in [3.63, 3.8) is 0 Å². The van der Waals surface area contributed by atoms with Crippen LogP contribution in [0, 0.1) is 27.7 Å². The quantitative estimate of drug-likeness (QED) is 0.0161. The number of benzene rings is 5. The number of amides is 1. The fourth-order valence-corrected chi connectivity index (χ4v) is 12.5. The standard InChI is InChI=1S/C22H18ClN5OS.C13H13ClO4.C13H15N3.C12H10ClNO2S.C10H6ClNO2S.C8H8ClNO.C4H5ClO3/c1-13-9-15(11-25-19(13)17-7-8-24-14(2)10-17)12-26-20(29)22-28-27-21(30-22)16-3-5-18(23)6-4-16;1-2-18-13(17)12(16)8-7-11(15)9-3-5-10(14)6-4-9;1-9-5-11(7-14)8-16-13(9)12-3-4-15-10(2)6-12;1-2-16-12(15)11-14-7-10(17-11)8-3-5-9(13)6-4-8;11-7-3-1-6(2-4-7)8-5-12-9(15-8)10(13)14;9-7-3-1-6(2-4-7)8(11)5-10;1-2-8-4(7)3(5)6/h3-11H,12H2,1-2H3,(H,26,29);3-6H,2,7-8H2,1H3;3-6,8H,7,14H2,1-2H3;3-7H,2H2,1H3;1-5H,(H,13,14);1-4H,5,10H2;2H2,1H3. The molecule has 0 saturated carbocycles. The highest BCUT2D eigenvalue weighted by Gasteiger charge is 2.19. The van der Waals surface area contributed by atoms with Crippen molar-refractivity contribution in [2.24, 2.45) is 11.5 Å². The van der Waals surface area contributed by atoms with Crippen LogP contribution in [0.25, 0.3) is 54.0 Å². The van der Waals surface area contributed by atoms with Gasteiger partial charge < -0.3 is 36.1 Å². The third-order valence-corrected chi connectivity index (χ3v) is 19.4. The average molecular weight is 1730 g/mol. The molecule has 24 nitrogen and oxygen atoms in total. The summed E-state index contributed by atoms with van der Waals surface area (Å²) in [5.74, 6) is -4.47. The maximum absolute atomic E-state index is 12.5. The number of pyridine rings is 4. The molecule has 6 N–H and O–H groups in total. The lowest BCUT2D eigenvalue weighted by Gasteiger charge is -2.09. The number of aromatic carboxylic acids is 1. The first-order valence-corrected chi connectivity index (χ1v) is 39.3. The number of carbonyl (C=O) groups is 9. The fourth-order valence-electron chi connectivity index (χ4n) is 9.44. The van der Waals surface area contributed by atoms with Gasteiger partial charge in [0.15, 0.2) is 11.6 Å². The maximum atomic E-state index is 12.5. The Morgan fingerprint density at radius 2 is 0.870 bits per heavy atom. The number of rotatable bonds is 22. The predicted molar refractivity (Wildman–Crippen MR) is 450 cm³/mol. The number of halogens is 6. The van der Waals surface area contributed by atoms with E-state index in [1.54, 1.807) is 130 Å². The average Bonchev–Trinajstić information content (AvgIpc) is 1.51. The lowest BCUT2D eigenvalue weighted by Crippen LogP contribution is -2.22. The molecule has 12 aromatic rings. The van der Waals surface area contributed by atoms with Crippen molar-refractivity contribution in [1.29, 1.82) is 0 Å². The third-order valence-electron chi connectivity index (χ3n) is 14.9. The molecule has 0 bridgehead atoms. The molecule has 0 saturated heterocycles. The van der Waals surface area contributed by atoms with Gasteiger partial charge in [0.25, 0.3) is 5.91 Å². The first kappa shape index (κ1) is 93.1.